The van der Waals surface area contributed by atoms with Gasteiger partial charge in [0.2, 0.25) is 5.91 Å². The van der Waals surface area contributed by atoms with Crippen LogP contribution in [0.4, 0.5) is 8.78 Å². The Morgan fingerprint density at radius 1 is 1.30 bits per heavy atom. The SMILES string of the molecule is CN1CNCC1C1C(F)CNCC1NC(=O)C1C2=NCC(F)CN2NC1N. The van der Waals surface area contributed by atoms with Crippen LogP contribution < -0.4 is 27.1 Å². The fraction of sp³-hybridized carbons (Fsp3) is 0.875. The first-order valence-electron chi connectivity index (χ1n) is 9.49. The minimum absolute atomic E-state index is 0.0126. The van der Waals surface area contributed by atoms with Crippen molar-refractivity contribution in [3.8, 4) is 0 Å². The Bertz CT molecular complexity index is 607. The van der Waals surface area contributed by atoms with Gasteiger partial charge in [-0.2, -0.15) is 0 Å². The third-order valence-corrected chi connectivity index (χ3v) is 5.97. The van der Waals surface area contributed by atoms with E-state index in [1.54, 1.807) is 0 Å². The summed E-state index contributed by atoms with van der Waals surface area (Å²) in [5.41, 5.74) is 8.98. The van der Waals surface area contributed by atoms with Gasteiger partial charge in [-0.1, -0.05) is 0 Å². The lowest BCUT2D eigenvalue weighted by molar-refractivity contribution is -0.125. The molecule has 0 saturated carbocycles. The summed E-state index contributed by atoms with van der Waals surface area (Å²) in [5, 5.41) is 10.8. The summed E-state index contributed by atoms with van der Waals surface area (Å²) in [5.74, 6) is -0.864. The molecular weight excluding hydrogens is 358 g/mol. The number of nitrogens with one attached hydrogen (secondary N) is 4. The van der Waals surface area contributed by atoms with Crippen LogP contribution in [0.1, 0.15) is 0 Å². The fourth-order valence-corrected chi connectivity index (χ4v) is 4.63. The van der Waals surface area contributed by atoms with Crippen LogP contribution in [0.25, 0.3) is 0 Å². The van der Waals surface area contributed by atoms with Gasteiger partial charge in [-0.3, -0.25) is 19.7 Å². The molecule has 27 heavy (non-hydrogen) atoms. The van der Waals surface area contributed by atoms with E-state index in [0.29, 0.717) is 25.6 Å². The average molecular weight is 386 g/mol. The standard InChI is InChI=1S/C16H28F2N8O/c1-25-7-21-5-11(25)12-9(18)3-20-4-10(12)23-16(27)13-14(19)24-26-6-8(17)2-22-15(13)26/h8-14,20-21,24H,2-7,19H2,1H3,(H,23,27). The molecule has 0 aromatic heterocycles. The number of nitrogens with two attached hydrogens (primary N) is 1. The van der Waals surface area contributed by atoms with Crippen molar-refractivity contribution >= 4 is 11.7 Å². The van der Waals surface area contributed by atoms with Gasteiger partial charge in [0.25, 0.3) is 0 Å². The molecule has 3 saturated heterocycles. The smallest absolute Gasteiger partial charge is 0.234 e. The number of aliphatic imine (C=N–C) groups is 1. The zero-order chi connectivity index (χ0) is 19.1. The number of amides is 1. The van der Waals surface area contributed by atoms with Crippen LogP contribution >= 0.6 is 0 Å². The highest BCUT2D eigenvalue weighted by Gasteiger charge is 2.47. The number of carbonyl (C=O) groups excluding carboxylic acids is 1. The van der Waals surface area contributed by atoms with Crippen LogP contribution in [-0.2, 0) is 4.79 Å². The van der Waals surface area contributed by atoms with Gasteiger partial charge in [0.1, 0.15) is 24.1 Å². The first-order chi connectivity index (χ1) is 13.0. The maximum absolute atomic E-state index is 14.8. The molecule has 1 amide bonds. The van der Waals surface area contributed by atoms with Crippen LogP contribution in [0.2, 0.25) is 0 Å². The lowest BCUT2D eigenvalue weighted by Gasteiger charge is -2.41. The second-order valence-corrected chi connectivity index (χ2v) is 7.84. The van der Waals surface area contributed by atoms with E-state index < -0.39 is 24.4 Å². The fourth-order valence-electron chi connectivity index (χ4n) is 4.63. The van der Waals surface area contributed by atoms with E-state index >= 15 is 0 Å². The van der Waals surface area contributed by atoms with Crippen molar-refractivity contribution in [1.29, 1.82) is 0 Å². The molecule has 7 atom stereocenters. The third-order valence-electron chi connectivity index (χ3n) is 5.97. The van der Waals surface area contributed by atoms with Crippen LogP contribution in [0, 0.1) is 11.8 Å². The molecule has 11 heteroatoms. The molecule has 4 aliphatic rings. The predicted molar refractivity (Wildman–Crippen MR) is 96.1 cm³/mol. The third kappa shape index (κ3) is 3.54. The minimum atomic E-state index is -1.08. The van der Waals surface area contributed by atoms with E-state index in [1.165, 1.54) is 5.01 Å². The number of hydrogen-bond donors (Lipinski definition) is 5. The number of alkyl halides is 2. The molecule has 0 aromatic carbocycles. The number of fused-ring (bicyclic) bond motifs is 1. The number of hydrazine groups is 1. The molecule has 152 valence electrons. The van der Waals surface area contributed by atoms with Crippen LogP contribution in [0.5, 0.6) is 0 Å². The lowest BCUT2D eigenvalue weighted by atomic mass is 9.83. The van der Waals surface area contributed by atoms with E-state index in [-0.39, 0.29) is 43.5 Å². The highest BCUT2D eigenvalue weighted by molar-refractivity contribution is 6.05. The maximum Gasteiger partial charge on any atom is 0.234 e. The predicted octanol–water partition coefficient (Wildman–Crippen LogP) is -2.64. The van der Waals surface area contributed by atoms with Crippen molar-refractivity contribution < 1.29 is 13.6 Å². The van der Waals surface area contributed by atoms with Gasteiger partial charge in [0, 0.05) is 44.3 Å². The molecule has 3 fully saturated rings. The average Bonchev–Trinajstić information content (AvgIpc) is 3.17. The first-order valence-corrected chi connectivity index (χ1v) is 9.49. The summed E-state index contributed by atoms with van der Waals surface area (Å²) in [7, 11) is 1.96. The Morgan fingerprint density at radius 2 is 2.11 bits per heavy atom. The largest absolute Gasteiger partial charge is 0.351 e. The number of piperidine rings is 1. The van der Waals surface area contributed by atoms with Crippen molar-refractivity contribution in [2.24, 2.45) is 22.6 Å². The van der Waals surface area contributed by atoms with Crippen LogP contribution in [-0.4, -0.2) is 98.7 Å². The first kappa shape index (κ1) is 18.9. The Labute approximate surface area is 157 Å². The molecule has 0 bridgehead atoms. The summed E-state index contributed by atoms with van der Waals surface area (Å²) in [6.07, 6.45) is -2.82. The van der Waals surface area contributed by atoms with Crippen LogP contribution in [0.3, 0.4) is 0 Å². The minimum Gasteiger partial charge on any atom is -0.351 e. The molecular formula is C16H28F2N8O. The zero-order valence-corrected chi connectivity index (χ0v) is 15.4. The summed E-state index contributed by atoms with van der Waals surface area (Å²) in [6.45, 7) is 2.33. The van der Waals surface area contributed by atoms with Crippen molar-refractivity contribution in [3.05, 3.63) is 0 Å². The number of halogens is 2. The Balaban J connectivity index is 1.49. The summed E-state index contributed by atoms with van der Waals surface area (Å²) < 4.78 is 28.3. The van der Waals surface area contributed by atoms with E-state index in [9.17, 15) is 13.6 Å². The van der Waals surface area contributed by atoms with Crippen molar-refractivity contribution in [1.82, 2.24) is 31.3 Å². The van der Waals surface area contributed by atoms with Gasteiger partial charge in [-0.05, 0) is 7.05 Å². The lowest BCUT2D eigenvalue weighted by Crippen LogP contribution is -2.62. The molecule has 0 aromatic rings. The van der Waals surface area contributed by atoms with Crippen molar-refractivity contribution in [3.63, 3.8) is 0 Å². The number of rotatable bonds is 3. The molecule has 6 N–H and O–H groups in total. The number of nitrogens with zero attached hydrogens (tertiary/aromatic N) is 3. The molecule has 0 spiro atoms. The van der Waals surface area contributed by atoms with Crippen molar-refractivity contribution in [2.45, 2.75) is 30.6 Å². The molecule has 7 unspecified atom stereocenters. The zero-order valence-electron chi connectivity index (χ0n) is 15.4. The van der Waals surface area contributed by atoms with Gasteiger partial charge >= 0.3 is 0 Å². The Hall–Kier alpha value is -1.40. The van der Waals surface area contributed by atoms with E-state index in [0.717, 1.165) is 0 Å². The molecule has 0 radical (unpaired) electrons. The highest BCUT2D eigenvalue weighted by Crippen LogP contribution is 2.26. The highest BCUT2D eigenvalue weighted by atomic mass is 19.1. The van der Waals surface area contributed by atoms with Gasteiger partial charge in [0.15, 0.2) is 0 Å². The van der Waals surface area contributed by atoms with E-state index in [4.69, 9.17) is 5.73 Å². The van der Waals surface area contributed by atoms with Gasteiger partial charge in [-0.25, -0.2) is 14.2 Å². The van der Waals surface area contributed by atoms with E-state index in [1.807, 2.05) is 7.05 Å². The molecule has 4 rings (SSSR count). The summed E-state index contributed by atoms with van der Waals surface area (Å²) in [6, 6.07) is -0.341. The number of hydrogen-bond acceptors (Lipinski definition) is 8. The summed E-state index contributed by atoms with van der Waals surface area (Å²) >= 11 is 0. The number of carbonyl (C=O) groups is 1. The topological polar surface area (TPSA) is 110 Å². The molecule has 4 aliphatic heterocycles. The molecule has 0 aliphatic carbocycles. The number of likely N-dealkylation sites (N-methyl/N-ethyl adjacent to an activating group) is 1. The second-order valence-electron chi connectivity index (χ2n) is 7.84. The van der Waals surface area contributed by atoms with E-state index in [2.05, 4.69) is 31.3 Å². The normalized spacial score (nSPS) is 42.7. The monoisotopic (exact) mass is 386 g/mol. The Kier molecular flexibility index (Phi) is 5.30. The number of amidine groups is 1. The Morgan fingerprint density at radius 3 is 2.85 bits per heavy atom. The van der Waals surface area contributed by atoms with Gasteiger partial charge < -0.3 is 21.7 Å². The molecule has 9 nitrogen and oxygen atoms in total. The molecule has 4 heterocycles. The second kappa shape index (κ2) is 7.55. The van der Waals surface area contributed by atoms with Gasteiger partial charge in [-0.15, -0.1) is 0 Å². The van der Waals surface area contributed by atoms with Gasteiger partial charge in [0.05, 0.1) is 19.3 Å². The quantitative estimate of drug-likeness (QED) is 0.361. The van der Waals surface area contributed by atoms with Crippen LogP contribution in [0.15, 0.2) is 4.99 Å². The maximum atomic E-state index is 14.8. The summed E-state index contributed by atoms with van der Waals surface area (Å²) in [4.78, 5) is 19.3. The van der Waals surface area contributed by atoms with Crippen molar-refractivity contribution in [2.75, 3.05) is 46.4 Å².